The largest absolute Gasteiger partial charge is 0.322 e. The maximum absolute atomic E-state index is 6.06. The highest BCUT2D eigenvalue weighted by Crippen LogP contribution is 2.21. The molecule has 15 heavy (non-hydrogen) atoms. The van der Waals surface area contributed by atoms with Crippen LogP contribution in [0, 0.1) is 6.92 Å². The zero-order valence-electron chi connectivity index (χ0n) is 9.41. The van der Waals surface area contributed by atoms with E-state index < -0.39 is 0 Å². The molecule has 2 heteroatoms. The molecule has 2 rings (SSSR count). The fourth-order valence-corrected chi connectivity index (χ4v) is 1.63. The highest BCUT2D eigenvalue weighted by molar-refractivity contribution is 5.79. The van der Waals surface area contributed by atoms with Crippen LogP contribution in [0.4, 0.5) is 0 Å². The number of benzene rings is 1. The zero-order valence-corrected chi connectivity index (χ0v) is 9.41. The van der Waals surface area contributed by atoms with Gasteiger partial charge in [-0.05, 0) is 44.5 Å². The Morgan fingerprint density at radius 2 is 1.87 bits per heavy atom. The summed E-state index contributed by atoms with van der Waals surface area (Å²) in [5.74, 6) is 0. The van der Waals surface area contributed by atoms with Gasteiger partial charge in [-0.25, -0.2) is 0 Å². The molecule has 0 aliphatic heterocycles. The molecule has 0 fully saturated rings. The van der Waals surface area contributed by atoms with Crippen molar-refractivity contribution in [2.24, 2.45) is 5.73 Å². The van der Waals surface area contributed by atoms with Gasteiger partial charge < -0.3 is 5.73 Å². The Bertz CT molecular complexity index is 495. The van der Waals surface area contributed by atoms with E-state index in [0.717, 1.165) is 22.2 Å². The first-order valence-electron chi connectivity index (χ1n) is 5.13. The van der Waals surface area contributed by atoms with Crippen LogP contribution in [0.3, 0.4) is 0 Å². The average Bonchev–Trinajstić information content (AvgIpc) is 2.15. The van der Waals surface area contributed by atoms with Gasteiger partial charge in [0.05, 0.1) is 5.52 Å². The van der Waals surface area contributed by atoms with Gasteiger partial charge in [0.2, 0.25) is 0 Å². The van der Waals surface area contributed by atoms with Gasteiger partial charge in [-0.3, -0.25) is 4.98 Å². The highest BCUT2D eigenvalue weighted by atomic mass is 14.7. The van der Waals surface area contributed by atoms with E-state index in [1.54, 1.807) is 0 Å². The van der Waals surface area contributed by atoms with E-state index in [1.165, 1.54) is 0 Å². The summed E-state index contributed by atoms with van der Waals surface area (Å²) < 4.78 is 0. The fraction of sp³-hybridized carbons (Fsp3) is 0.308. The first-order chi connectivity index (χ1) is 6.97. The van der Waals surface area contributed by atoms with Crippen molar-refractivity contribution in [1.29, 1.82) is 0 Å². The predicted molar refractivity (Wildman–Crippen MR) is 63.7 cm³/mol. The molecular weight excluding hydrogens is 184 g/mol. The van der Waals surface area contributed by atoms with Crippen LogP contribution in [0.25, 0.3) is 10.9 Å². The van der Waals surface area contributed by atoms with Gasteiger partial charge in [0, 0.05) is 16.6 Å². The van der Waals surface area contributed by atoms with Crippen molar-refractivity contribution in [3.63, 3.8) is 0 Å². The van der Waals surface area contributed by atoms with Crippen LogP contribution < -0.4 is 5.73 Å². The van der Waals surface area contributed by atoms with Crippen molar-refractivity contribution in [2.45, 2.75) is 26.3 Å². The third kappa shape index (κ3) is 2.00. The molecule has 1 aromatic heterocycles. The van der Waals surface area contributed by atoms with Crippen LogP contribution >= 0.6 is 0 Å². The summed E-state index contributed by atoms with van der Waals surface area (Å²) in [7, 11) is 0. The van der Waals surface area contributed by atoms with Gasteiger partial charge in [0.25, 0.3) is 0 Å². The number of nitrogens with zero attached hydrogens (tertiary/aromatic N) is 1. The SMILES string of the molecule is Cc1ccc2cc(C(C)(C)N)ccc2n1. The summed E-state index contributed by atoms with van der Waals surface area (Å²) in [5, 5.41) is 1.15. The van der Waals surface area contributed by atoms with E-state index in [-0.39, 0.29) is 5.54 Å². The molecule has 0 atom stereocenters. The minimum Gasteiger partial charge on any atom is -0.322 e. The molecule has 0 aliphatic rings. The number of nitrogens with two attached hydrogens (primary N) is 1. The van der Waals surface area contributed by atoms with Crippen molar-refractivity contribution >= 4 is 10.9 Å². The van der Waals surface area contributed by atoms with Gasteiger partial charge in [0.1, 0.15) is 0 Å². The summed E-state index contributed by atoms with van der Waals surface area (Å²) in [4.78, 5) is 4.46. The molecular formula is C13H16N2. The van der Waals surface area contributed by atoms with Gasteiger partial charge in [0.15, 0.2) is 0 Å². The van der Waals surface area contributed by atoms with Gasteiger partial charge >= 0.3 is 0 Å². The Hall–Kier alpha value is -1.41. The molecule has 0 amide bonds. The lowest BCUT2D eigenvalue weighted by atomic mass is 9.94. The summed E-state index contributed by atoms with van der Waals surface area (Å²) in [6, 6.07) is 10.3. The van der Waals surface area contributed by atoms with Crippen molar-refractivity contribution in [3.05, 3.63) is 41.6 Å². The lowest BCUT2D eigenvalue weighted by Crippen LogP contribution is -2.28. The molecule has 78 valence electrons. The first kappa shape index (κ1) is 10.1. The van der Waals surface area contributed by atoms with Crippen LogP contribution in [0.5, 0.6) is 0 Å². The van der Waals surface area contributed by atoms with Crippen LogP contribution in [-0.4, -0.2) is 4.98 Å². The third-order valence-corrected chi connectivity index (χ3v) is 2.57. The number of pyridine rings is 1. The maximum Gasteiger partial charge on any atom is 0.0705 e. The summed E-state index contributed by atoms with van der Waals surface area (Å²) in [6.45, 7) is 6.02. The Morgan fingerprint density at radius 1 is 1.13 bits per heavy atom. The Morgan fingerprint density at radius 3 is 2.53 bits per heavy atom. The third-order valence-electron chi connectivity index (χ3n) is 2.57. The van der Waals surface area contributed by atoms with E-state index in [9.17, 15) is 0 Å². The van der Waals surface area contributed by atoms with E-state index >= 15 is 0 Å². The number of rotatable bonds is 1. The van der Waals surface area contributed by atoms with Crippen LogP contribution in [0.1, 0.15) is 25.1 Å². The molecule has 2 nitrogen and oxygen atoms in total. The number of hydrogen-bond donors (Lipinski definition) is 1. The van der Waals surface area contributed by atoms with E-state index in [0.29, 0.717) is 0 Å². The molecule has 1 heterocycles. The van der Waals surface area contributed by atoms with E-state index in [1.807, 2.05) is 32.9 Å². The lowest BCUT2D eigenvalue weighted by molar-refractivity contribution is 0.555. The smallest absolute Gasteiger partial charge is 0.0705 e. The van der Waals surface area contributed by atoms with E-state index in [4.69, 9.17) is 5.73 Å². The van der Waals surface area contributed by atoms with Crippen LogP contribution in [0.15, 0.2) is 30.3 Å². The fourth-order valence-electron chi connectivity index (χ4n) is 1.63. The quantitative estimate of drug-likeness (QED) is 0.768. The highest BCUT2D eigenvalue weighted by Gasteiger charge is 2.13. The van der Waals surface area contributed by atoms with Crippen molar-refractivity contribution in [2.75, 3.05) is 0 Å². The zero-order chi connectivity index (χ0) is 11.1. The van der Waals surface area contributed by atoms with Crippen LogP contribution in [-0.2, 0) is 5.54 Å². The molecule has 0 aliphatic carbocycles. The van der Waals surface area contributed by atoms with E-state index in [2.05, 4.69) is 23.2 Å². The van der Waals surface area contributed by atoms with Crippen molar-refractivity contribution < 1.29 is 0 Å². The Kier molecular flexibility index (Phi) is 2.24. The first-order valence-corrected chi connectivity index (χ1v) is 5.13. The standard InChI is InChI=1S/C13H16N2/c1-9-4-5-10-8-11(13(2,3)14)6-7-12(10)15-9/h4-8H,14H2,1-3H3. The maximum atomic E-state index is 6.06. The summed E-state index contributed by atoms with van der Waals surface area (Å²) >= 11 is 0. The minimum absolute atomic E-state index is 0.293. The second-order valence-corrected chi connectivity index (χ2v) is 4.58. The molecule has 1 aromatic carbocycles. The number of fused-ring (bicyclic) bond motifs is 1. The molecule has 0 unspecified atom stereocenters. The monoisotopic (exact) mass is 200 g/mol. The molecule has 0 saturated carbocycles. The van der Waals surface area contributed by atoms with Crippen molar-refractivity contribution in [3.8, 4) is 0 Å². The molecule has 0 saturated heterocycles. The van der Waals surface area contributed by atoms with Crippen LogP contribution in [0.2, 0.25) is 0 Å². The Labute approximate surface area is 90.1 Å². The molecule has 2 aromatic rings. The number of hydrogen-bond acceptors (Lipinski definition) is 2. The molecule has 0 spiro atoms. The number of aromatic nitrogens is 1. The second-order valence-electron chi connectivity index (χ2n) is 4.58. The lowest BCUT2D eigenvalue weighted by Gasteiger charge is -2.19. The molecule has 0 radical (unpaired) electrons. The molecule has 0 bridgehead atoms. The summed E-state index contributed by atoms with van der Waals surface area (Å²) in [5.41, 5.74) is 8.98. The second kappa shape index (κ2) is 3.31. The average molecular weight is 200 g/mol. The van der Waals surface area contributed by atoms with Gasteiger partial charge in [-0.1, -0.05) is 12.1 Å². The summed E-state index contributed by atoms with van der Waals surface area (Å²) in [6.07, 6.45) is 0. The topological polar surface area (TPSA) is 38.9 Å². The molecule has 2 N–H and O–H groups in total. The van der Waals surface area contributed by atoms with Gasteiger partial charge in [-0.15, -0.1) is 0 Å². The normalized spacial score (nSPS) is 12.0. The number of aryl methyl sites for hydroxylation is 1. The minimum atomic E-state index is -0.293. The van der Waals surface area contributed by atoms with Crippen molar-refractivity contribution in [1.82, 2.24) is 4.98 Å². The predicted octanol–water partition coefficient (Wildman–Crippen LogP) is 2.74. The Balaban J connectivity index is 2.62. The van der Waals surface area contributed by atoms with Gasteiger partial charge in [-0.2, -0.15) is 0 Å².